The molecular formula is C14H30N2O2. The van der Waals surface area contributed by atoms with Crippen LogP contribution in [0.5, 0.6) is 0 Å². The number of hydrogen-bond acceptors (Lipinski definition) is 3. The zero-order valence-corrected chi connectivity index (χ0v) is 12.6. The molecule has 0 unspecified atom stereocenters. The minimum atomic E-state index is 0.135. The topological polar surface area (TPSA) is 32.8 Å². The number of amides is 1. The molecular weight excluding hydrogens is 228 g/mol. The van der Waals surface area contributed by atoms with Gasteiger partial charge in [0.2, 0.25) is 5.91 Å². The van der Waals surface area contributed by atoms with E-state index in [0.29, 0.717) is 6.61 Å². The highest BCUT2D eigenvalue weighted by molar-refractivity contribution is 5.77. The van der Waals surface area contributed by atoms with Gasteiger partial charge < -0.3 is 14.5 Å². The van der Waals surface area contributed by atoms with Crippen LogP contribution in [0.25, 0.3) is 0 Å². The largest absolute Gasteiger partial charge is 0.370 e. The number of ether oxygens (including phenoxy) is 1. The van der Waals surface area contributed by atoms with Crippen molar-refractivity contribution in [3.63, 3.8) is 0 Å². The van der Waals surface area contributed by atoms with Gasteiger partial charge in [0.1, 0.15) is 6.61 Å². The Labute approximate surface area is 112 Å². The van der Waals surface area contributed by atoms with E-state index in [-0.39, 0.29) is 12.5 Å². The molecule has 1 amide bonds. The van der Waals surface area contributed by atoms with Gasteiger partial charge in [-0.15, -0.1) is 0 Å². The van der Waals surface area contributed by atoms with Gasteiger partial charge in [-0.1, -0.05) is 26.7 Å². The number of nitrogens with zero attached hydrogens (tertiary/aromatic N) is 2. The quantitative estimate of drug-likeness (QED) is 0.531. The molecule has 0 radical (unpaired) electrons. The number of hydrogen-bond donors (Lipinski definition) is 0. The molecule has 18 heavy (non-hydrogen) atoms. The molecule has 0 aromatic carbocycles. The lowest BCUT2D eigenvalue weighted by atomic mass is 10.2. The molecule has 0 aromatic rings. The first-order valence-electron chi connectivity index (χ1n) is 7.12. The van der Waals surface area contributed by atoms with Crippen LogP contribution in [0.1, 0.15) is 39.5 Å². The molecule has 0 aliphatic rings. The molecule has 0 spiro atoms. The van der Waals surface area contributed by atoms with Crippen LogP contribution in [0.4, 0.5) is 0 Å². The molecule has 0 bridgehead atoms. The highest BCUT2D eigenvalue weighted by Crippen LogP contribution is 2.00. The summed E-state index contributed by atoms with van der Waals surface area (Å²) in [6, 6.07) is 0. The van der Waals surface area contributed by atoms with Crippen molar-refractivity contribution in [1.82, 2.24) is 9.80 Å². The van der Waals surface area contributed by atoms with E-state index < -0.39 is 0 Å². The molecule has 0 N–H and O–H groups in total. The summed E-state index contributed by atoms with van der Waals surface area (Å²) < 4.78 is 5.41. The molecule has 0 aliphatic carbocycles. The van der Waals surface area contributed by atoms with E-state index in [1.165, 1.54) is 0 Å². The summed E-state index contributed by atoms with van der Waals surface area (Å²) in [5.41, 5.74) is 0. The highest BCUT2D eigenvalue weighted by atomic mass is 16.5. The third-order valence-corrected chi connectivity index (χ3v) is 2.82. The second kappa shape index (κ2) is 11.5. The highest BCUT2D eigenvalue weighted by Gasteiger charge is 2.12. The van der Waals surface area contributed by atoms with Crippen molar-refractivity contribution in [3.8, 4) is 0 Å². The van der Waals surface area contributed by atoms with Gasteiger partial charge in [-0.25, -0.2) is 0 Å². The molecule has 0 fully saturated rings. The Morgan fingerprint density at radius 1 is 1.00 bits per heavy atom. The van der Waals surface area contributed by atoms with E-state index in [4.69, 9.17) is 4.74 Å². The van der Waals surface area contributed by atoms with Crippen molar-refractivity contribution in [2.24, 2.45) is 0 Å². The van der Waals surface area contributed by atoms with Gasteiger partial charge in [0.15, 0.2) is 0 Å². The van der Waals surface area contributed by atoms with Crippen LogP contribution in [-0.2, 0) is 9.53 Å². The summed E-state index contributed by atoms with van der Waals surface area (Å²) in [5, 5.41) is 0. The van der Waals surface area contributed by atoms with Gasteiger partial charge in [0.25, 0.3) is 0 Å². The monoisotopic (exact) mass is 258 g/mol. The fourth-order valence-corrected chi connectivity index (χ4v) is 1.56. The lowest BCUT2D eigenvalue weighted by Gasteiger charge is -2.22. The Hall–Kier alpha value is -0.610. The predicted octanol–water partition coefficient (Wildman–Crippen LogP) is 1.99. The maximum absolute atomic E-state index is 12.0. The normalized spacial score (nSPS) is 10.9. The van der Waals surface area contributed by atoms with Gasteiger partial charge in [0.05, 0.1) is 6.61 Å². The zero-order chi connectivity index (χ0) is 13.8. The maximum atomic E-state index is 12.0. The van der Waals surface area contributed by atoms with Gasteiger partial charge in [-0.2, -0.15) is 0 Å². The van der Waals surface area contributed by atoms with E-state index in [1.807, 2.05) is 19.0 Å². The first kappa shape index (κ1) is 17.4. The summed E-state index contributed by atoms with van der Waals surface area (Å²) in [4.78, 5) is 16.0. The number of unbranched alkanes of at least 4 members (excludes halogenated alkanes) is 2. The van der Waals surface area contributed by atoms with Gasteiger partial charge in [-0.3, -0.25) is 4.79 Å². The number of carbonyl (C=O) groups is 1. The number of rotatable bonds is 11. The van der Waals surface area contributed by atoms with Crippen molar-refractivity contribution >= 4 is 5.91 Å². The molecule has 4 nitrogen and oxygen atoms in total. The summed E-state index contributed by atoms with van der Waals surface area (Å²) in [7, 11) is 4.00. The third kappa shape index (κ3) is 9.42. The van der Waals surface area contributed by atoms with E-state index in [9.17, 15) is 4.79 Å². The number of likely N-dealkylation sites (N-methyl/N-ethyl adjacent to an activating group) is 1. The predicted molar refractivity (Wildman–Crippen MR) is 75.8 cm³/mol. The van der Waals surface area contributed by atoms with E-state index in [1.54, 1.807) is 0 Å². The molecule has 108 valence electrons. The lowest BCUT2D eigenvalue weighted by Crippen LogP contribution is -2.36. The van der Waals surface area contributed by atoms with E-state index in [0.717, 1.165) is 45.3 Å². The van der Waals surface area contributed by atoms with Crippen molar-refractivity contribution in [2.75, 3.05) is 46.9 Å². The second-order valence-corrected chi connectivity index (χ2v) is 4.94. The Kier molecular flexibility index (Phi) is 11.1. The van der Waals surface area contributed by atoms with E-state index in [2.05, 4.69) is 18.7 Å². The number of carbonyl (C=O) groups excluding carboxylic acids is 1. The fourth-order valence-electron chi connectivity index (χ4n) is 1.56. The third-order valence-electron chi connectivity index (χ3n) is 2.82. The second-order valence-electron chi connectivity index (χ2n) is 4.94. The minimum Gasteiger partial charge on any atom is -0.370 e. The molecule has 0 heterocycles. The van der Waals surface area contributed by atoms with Crippen LogP contribution < -0.4 is 0 Å². The average Bonchev–Trinajstić information content (AvgIpc) is 2.34. The zero-order valence-electron chi connectivity index (χ0n) is 12.6. The first-order chi connectivity index (χ1) is 8.61. The maximum Gasteiger partial charge on any atom is 0.248 e. The van der Waals surface area contributed by atoms with Crippen molar-refractivity contribution in [2.45, 2.75) is 39.5 Å². The smallest absolute Gasteiger partial charge is 0.248 e. The molecule has 0 saturated heterocycles. The van der Waals surface area contributed by atoms with Crippen molar-refractivity contribution < 1.29 is 9.53 Å². The SMILES string of the molecule is CCCCN(CCCC)C(=O)COCCN(C)C. The van der Waals surface area contributed by atoms with Crippen LogP contribution in [-0.4, -0.2) is 62.7 Å². The summed E-state index contributed by atoms with van der Waals surface area (Å²) in [6.07, 6.45) is 4.40. The molecule has 4 heteroatoms. The fraction of sp³-hybridized carbons (Fsp3) is 0.929. The van der Waals surface area contributed by atoms with Gasteiger partial charge in [0, 0.05) is 19.6 Å². The Balaban J connectivity index is 3.88. The van der Waals surface area contributed by atoms with E-state index >= 15 is 0 Å². The van der Waals surface area contributed by atoms with Crippen LogP contribution in [0, 0.1) is 0 Å². The Morgan fingerprint density at radius 3 is 2.00 bits per heavy atom. The first-order valence-corrected chi connectivity index (χ1v) is 7.12. The summed E-state index contributed by atoms with van der Waals surface area (Å²) in [6.45, 7) is 7.73. The summed E-state index contributed by atoms with van der Waals surface area (Å²) in [5.74, 6) is 0.135. The van der Waals surface area contributed by atoms with Gasteiger partial charge in [-0.05, 0) is 26.9 Å². The standard InChI is InChI=1S/C14H30N2O2/c1-5-7-9-16(10-8-6-2)14(17)13-18-12-11-15(3)4/h5-13H2,1-4H3. The van der Waals surface area contributed by atoms with Crippen molar-refractivity contribution in [1.29, 1.82) is 0 Å². The summed E-state index contributed by atoms with van der Waals surface area (Å²) >= 11 is 0. The van der Waals surface area contributed by atoms with Crippen LogP contribution in [0.2, 0.25) is 0 Å². The lowest BCUT2D eigenvalue weighted by molar-refractivity contribution is -0.136. The molecule has 0 aliphatic heterocycles. The molecule has 0 atom stereocenters. The Bertz CT molecular complexity index is 200. The van der Waals surface area contributed by atoms with Crippen molar-refractivity contribution in [3.05, 3.63) is 0 Å². The molecule has 0 saturated carbocycles. The van der Waals surface area contributed by atoms with Crippen LogP contribution in [0.3, 0.4) is 0 Å². The average molecular weight is 258 g/mol. The Morgan fingerprint density at radius 2 is 1.56 bits per heavy atom. The van der Waals surface area contributed by atoms with Crippen LogP contribution in [0.15, 0.2) is 0 Å². The molecule has 0 rings (SSSR count). The van der Waals surface area contributed by atoms with Gasteiger partial charge >= 0.3 is 0 Å². The van der Waals surface area contributed by atoms with Crippen LogP contribution >= 0.6 is 0 Å². The molecule has 0 aromatic heterocycles. The minimum absolute atomic E-state index is 0.135.